The number of carbonyl (C=O) groups excluding carboxylic acids is 6. The number of nitrogens with zero attached hydrogens (tertiary/aromatic N) is 1. The summed E-state index contributed by atoms with van der Waals surface area (Å²) in [6.07, 6.45) is 0.108. The Morgan fingerprint density at radius 1 is 0.950 bits per heavy atom. The van der Waals surface area contributed by atoms with Crippen LogP contribution < -0.4 is 10.6 Å². The Morgan fingerprint density at radius 3 is 2.10 bits per heavy atom. The molecule has 0 spiro atoms. The maximum absolute atomic E-state index is 15.0. The van der Waals surface area contributed by atoms with Crippen molar-refractivity contribution in [3.63, 3.8) is 0 Å². The van der Waals surface area contributed by atoms with Crippen LogP contribution in [0.15, 0.2) is 30.3 Å². The van der Waals surface area contributed by atoms with Gasteiger partial charge in [-0.25, -0.2) is 0 Å². The van der Waals surface area contributed by atoms with E-state index >= 15 is 0 Å². The summed E-state index contributed by atoms with van der Waals surface area (Å²) >= 11 is 0. The molecule has 1 aliphatic rings. The van der Waals surface area contributed by atoms with E-state index in [1.54, 1.807) is 44.2 Å². The Balaban J connectivity index is 2.15. The maximum Gasteiger partial charge on any atom is 0.364 e. The Bertz CT molecular complexity index is 1110. The Labute approximate surface area is 233 Å². The molecule has 3 amide bonds. The molecule has 0 saturated carbocycles. The van der Waals surface area contributed by atoms with E-state index in [1.807, 2.05) is 0 Å². The van der Waals surface area contributed by atoms with Crippen molar-refractivity contribution >= 4 is 35.1 Å². The molecule has 1 saturated heterocycles. The second-order valence-corrected chi connectivity index (χ2v) is 10.7. The molecular formula is C29H39F2N3O6. The van der Waals surface area contributed by atoms with E-state index in [9.17, 15) is 37.5 Å². The van der Waals surface area contributed by atoms with Crippen molar-refractivity contribution in [2.24, 2.45) is 11.8 Å². The SMILES string of the molecule is CCC(=O)C(=O)N[C@H](C(=O)N1CCCC1C(=O)N[C@H](C(=O)C(F)(F)C(=O)CCc1ccccc1)C(C)C)C(C)C. The van der Waals surface area contributed by atoms with Gasteiger partial charge in [0.2, 0.25) is 29.2 Å². The highest BCUT2D eigenvalue weighted by molar-refractivity contribution is 6.36. The fourth-order valence-corrected chi connectivity index (χ4v) is 4.55. The summed E-state index contributed by atoms with van der Waals surface area (Å²) in [4.78, 5) is 77.0. The average Bonchev–Trinajstić information content (AvgIpc) is 3.42. The summed E-state index contributed by atoms with van der Waals surface area (Å²) < 4.78 is 30.0. The first kappa shape index (κ1) is 32.7. The number of likely N-dealkylation sites (tertiary alicyclic amines) is 1. The molecule has 11 heteroatoms. The van der Waals surface area contributed by atoms with Crippen LogP contribution in [0.4, 0.5) is 8.78 Å². The van der Waals surface area contributed by atoms with Gasteiger partial charge in [-0.05, 0) is 36.7 Å². The normalized spacial score (nSPS) is 16.9. The molecule has 1 unspecified atom stereocenters. The quantitative estimate of drug-likeness (QED) is 0.265. The molecule has 0 aromatic heterocycles. The smallest absolute Gasteiger partial charge is 0.344 e. The molecule has 0 bridgehead atoms. The van der Waals surface area contributed by atoms with E-state index in [-0.39, 0.29) is 25.8 Å². The van der Waals surface area contributed by atoms with Crippen LogP contribution in [0.1, 0.15) is 65.9 Å². The summed E-state index contributed by atoms with van der Waals surface area (Å²) in [5.41, 5.74) is 0.675. The van der Waals surface area contributed by atoms with Gasteiger partial charge in [0.15, 0.2) is 0 Å². The molecule has 0 radical (unpaired) electrons. The van der Waals surface area contributed by atoms with Crippen molar-refractivity contribution in [1.82, 2.24) is 15.5 Å². The molecule has 1 aliphatic heterocycles. The van der Waals surface area contributed by atoms with E-state index in [4.69, 9.17) is 0 Å². The lowest BCUT2D eigenvalue weighted by molar-refractivity contribution is -0.159. The van der Waals surface area contributed by atoms with Crippen molar-refractivity contribution in [2.75, 3.05) is 6.54 Å². The van der Waals surface area contributed by atoms with Gasteiger partial charge in [-0.3, -0.25) is 28.8 Å². The van der Waals surface area contributed by atoms with Crippen LogP contribution in [0.2, 0.25) is 0 Å². The van der Waals surface area contributed by atoms with Crippen molar-refractivity contribution in [3.05, 3.63) is 35.9 Å². The first-order chi connectivity index (χ1) is 18.7. The summed E-state index contributed by atoms with van der Waals surface area (Å²) in [5, 5.41) is 4.79. The van der Waals surface area contributed by atoms with Crippen molar-refractivity contribution < 1.29 is 37.5 Å². The molecule has 40 heavy (non-hydrogen) atoms. The van der Waals surface area contributed by atoms with Crippen LogP contribution in [0, 0.1) is 11.8 Å². The topological polar surface area (TPSA) is 130 Å². The fraction of sp³-hybridized carbons (Fsp3) is 0.586. The van der Waals surface area contributed by atoms with Crippen LogP contribution in [0.5, 0.6) is 0 Å². The van der Waals surface area contributed by atoms with Gasteiger partial charge >= 0.3 is 5.92 Å². The minimum absolute atomic E-state index is 0.0381. The zero-order valence-electron chi connectivity index (χ0n) is 23.7. The van der Waals surface area contributed by atoms with Gasteiger partial charge in [0, 0.05) is 19.4 Å². The zero-order valence-corrected chi connectivity index (χ0v) is 23.7. The molecule has 2 rings (SSSR count). The lowest BCUT2D eigenvalue weighted by Gasteiger charge is -2.32. The lowest BCUT2D eigenvalue weighted by Crippen LogP contribution is -2.59. The van der Waals surface area contributed by atoms with Gasteiger partial charge in [-0.15, -0.1) is 0 Å². The summed E-state index contributed by atoms with van der Waals surface area (Å²) in [6.45, 7) is 7.98. The second kappa shape index (κ2) is 14.2. The highest BCUT2D eigenvalue weighted by Crippen LogP contribution is 2.25. The number of nitrogens with one attached hydrogen (secondary N) is 2. The maximum atomic E-state index is 15.0. The molecular weight excluding hydrogens is 524 g/mol. The molecule has 0 aliphatic carbocycles. The number of ketones is 3. The number of Topliss-reactive ketones (excluding diaryl/α,β-unsaturated/α-hetero) is 3. The van der Waals surface area contributed by atoms with Gasteiger partial charge in [0.05, 0.1) is 6.04 Å². The largest absolute Gasteiger partial charge is 0.364 e. The number of amides is 3. The number of benzene rings is 1. The van der Waals surface area contributed by atoms with Crippen LogP contribution >= 0.6 is 0 Å². The van der Waals surface area contributed by atoms with Crippen molar-refractivity contribution in [3.8, 4) is 0 Å². The zero-order chi connectivity index (χ0) is 30.2. The fourth-order valence-electron chi connectivity index (χ4n) is 4.55. The minimum atomic E-state index is -4.30. The minimum Gasteiger partial charge on any atom is -0.344 e. The Kier molecular flexibility index (Phi) is 11.6. The van der Waals surface area contributed by atoms with E-state index in [0.29, 0.717) is 12.0 Å². The van der Waals surface area contributed by atoms with Crippen molar-refractivity contribution in [1.29, 1.82) is 0 Å². The van der Waals surface area contributed by atoms with E-state index in [2.05, 4.69) is 10.6 Å². The van der Waals surface area contributed by atoms with Crippen molar-refractivity contribution in [2.45, 2.75) is 90.8 Å². The van der Waals surface area contributed by atoms with Gasteiger partial charge in [-0.2, -0.15) is 8.78 Å². The second-order valence-electron chi connectivity index (χ2n) is 10.7. The molecule has 2 N–H and O–H groups in total. The number of aryl methyl sites for hydroxylation is 1. The Morgan fingerprint density at radius 2 is 1.55 bits per heavy atom. The number of halogens is 2. The number of hydrogen-bond acceptors (Lipinski definition) is 6. The predicted molar refractivity (Wildman–Crippen MR) is 143 cm³/mol. The lowest BCUT2D eigenvalue weighted by atomic mass is 9.92. The van der Waals surface area contributed by atoms with E-state index in [1.165, 1.54) is 25.7 Å². The van der Waals surface area contributed by atoms with Crippen LogP contribution in [-0.4, -0.2) is 70.6 Å². The molecule has 1 aromatic carbocycles. The Hall–Kier alpha value is -3.50. The monoisotopic (exact) mass is 563 g/mol. The highest BCUT2D eigenvalue weighted by Gasteiger charge is 2.51. The van der Waals surface area contributed by atoms with Gasteiger partial charge in [0.1, 0.15) is 12.1 Å². The van der Waals surface area contributed by atoms with Gasteiger partial charge in [0.25, 0.3) is 5.91 Å². The third-order valence-corrected chi connectivity index (χ3v) is 7.02. The highest BCUT2D eigenvalue weighted by atomic mass is 19.3. The summed E-state index contributed by atoms with van der Waals surface area (Å²) in [7, 11) is 0. The number of hydrogen-bond donors (Lipinski definition) is 2. The molecule has 3 atom stereocenters. The molecule has 1 heterocycles. The predicted octanol–water partition coefficient (Wildman–Crippen LogP) is 2.64. The van der Waals surface area contributed by atoms with Gasteiger partial charge in [-0.1, -0.05) is 65.0 Å². The van der Waals surface area contributed by atoms with E-state index in [0.717, 1.165) is 0 Å². The number of rotatable bonds is 14. The van der Waals surface area contributed by atoms with Crippen LogP contribution in [0.25, 0.3) is 0 Å². The summed E-state index contributed by atoms with van der Waals surface area (Å²) in [5.74, 6) is -11.7. The molecule has 9 nitrogen and oxygen atoms in total. The first-order valence-electron chi connectivity index (χ1n) is 13.7. The first-order valence-corrected chi connectivity index (χ1v) is 13.7. The average molecular weight is 564 g/mol. The molecule has 1 aromatic rings. The van der Waals surface area contributed by atoms with Crippen LogP contribution in [0.3, 0.4) is 0 Å². The van der Waals surface area contributed by atoms with Crippen LogP contribution in [-0.2, 0) is 35.2 Å². The van der Waals surface area contributed by atoms with E-state index < -0.39 is 77.4 Å². The molecule has 220 valence electrons. The number of carbonyl (C=O) groups is 6. The summed E-state index contributed by atoms with van der Waals surface area (Å²) in [6, 6.07) is 4.76. The third-order valence-electron chi connectivity index (χ3n) is 7.02. The molecule has 1 fully saturated rings. The number of alkyl halides is 2. The van der Waals surface area contributed by atoms with Gasteiger partial charge < -0.3 is 15.5 Å². The third kappa shape index (κ3) is 8.02. The standard InChI is InChI=1S/C29H39F2N3O6/c1-6-21(35)27(39)33-24(18(4)5)28(40)34-16-10-13-20(34)26(38)32-23(17(2)3)25(37)29(30,31)22(36)15-14-19-11-8-7-9-12-19/h7-9,11-12,17-18,20,23-24H,6,10,13-16H2,1-5H3,(H,32,38)(H,33,39)/t20?,23-,24-/m0/s1.